The third kappa shape index (κ3) is 5.39. The second-order valence-corrected chi connectivity index (χ2v) is 11.1. The molecule has 2 unspecified atom stereocenters. The first-order valence-electron chi connectivity index (χ1n) is 10.7. The summed E-state index contributed by atoms with van der Waals surface area (Å²) in [7, 11) is 3.74. The molecule has 0 aromatic heterocycles. The topological polar surface area (TPSA) is 18.5 Å². The fourth-order valence-electron chi connectivity index (χ4n) is 3.83. The van der Waals surface area contributed by atoms with Crippen molar-refractivity contribution in [3.05, 3.63) is 103 Å². The maximum absolute atomic E-state index is 5.72. The Labute approximate surface area is 194 Å². The van der Waals surface area contributed by atoms with Gasteiger partial charge in [0.1, 0.15) is 11.5 Å². The maximum atomic E-state index is 5.72. The van der Waals surface area contributed by atoms with Crippen LogP contribution in [0.5, 0.6) is 11.5 Å². The molecule has 0 amide bonds. The Morgan fingerprint density at radius 3 is 2.28 bits per heavy atom. The smallest absolute Gasteiger partial charge is 0.126 e. The van der Waals surface area contributed by atoms with Crippen molar-refractivity contribution in [2.75, 3.05) is 26.5 Å². The second-order valence-electron chi connectivity index (χ2n) is 7.36. The molecule has 0 saturated carbocycles. The van der Waals surface area contributed by atoms with E-state index >= 15 is 0 Å². The molecule has 0 bridgehead atoms. The fourth-order valence-corrected chi connectivity index (χ4v) is 8.08. The lowest BCUT2D eigenvalue weighted by atomic mass is 10.1. The van der Waals surface area contributed by atoms with Crippen LogP contribution in [0.2, 0.25) is 0 Å². The molecule has 162 valence electrons. The lowest BCUT2D eigenvalue weighted by molar-refractivity contribution is 0.415. The van der Waals surface area contributed by atoms with E-state index in [4.69, 9.17) is 9.47 Å². The zero-order chi connectivity index (χ0) is 22.2. The summed E-state index contributed by atoms with van der Waals surface area (Å²) in [6.45, 7) is 0. The minimum atomic E-state index is -0.483. The first-order valence-corrected chi connectivity index (χ1v) is 13.5. The Balaban J connectivity index is 1.57. The molecule has 32 heavy (non-hydrogen) atoms. The van der Waals surface area contributed by atoms with Crippen LogP contribution in [0.25, 0.3) is 11.1 Å². The van der Waals surface area contributed by atoms with E-state index < -0.39 is 7.92 Å². The summed E-state index contributed by atoms with van der Waals surface area (Å²) in [5, 5.41) is 4.13. The fraction of sp³-hybridized carbons (Fsp3) is 0.143. The SMILES string of the molecule is COc1cccc(-c2ccccc2PCCP(c2ccccc2)c2ccccc2OC)c1. The first kappa shape index (κ1) is 22.5. The standard InChI is InChI=1S/C28H28O2P2/c1-29-23-12-10-11-22(21-23)25-15-6-8-17-27(25)31-19-20-32(24-13-4-3-5-14-24)28-18-9-7-16-26(28)30-2/h3-18,21,31H,19-20H2,1-2H3. The van der Waals surface area contributed by atoms with Crippen molar-refractivity contribution < 1.29 is 9.47 Å². The summed E-state index contributed by atoms with van der Waals surface area (Å²) in [4.78, 5) is 0. The highest BCUT2D eigenvalue weighted by atomic mass is 31.1. The molecule has 4 aromatic rings. The lowest BCUT2D eigenvalue weighted by Gasteiger charge is -2.21. The molecule has 0 heterocycles. The van der Waals surface area contributed by atoms with Crippen LogP contribution in [0.3, 0.4) is 0 Å². The van der Waals surface area contributed by atoms with E-state index in [-0.39, 0.29) is 0 Å². The molecule has 2 atom stereocenters. The first-order chi connectivity index (χ1) is 15.8. The molecular formula is C28H28O2P2. The van der Waals surface area contributed by atoms with Crippen molar-refractivity contribution in [2.45, 2.75) is 0 Å². The van der Waals surface area contributed by atoms with Gasteiger partial charge in [0.15, 0.2) is 0 Å². The van der Waals surface area contributed by atoms with Gasteiger partial charge in [-0.2, -0.15) is 0 Å². The molecule has 0 spiro atoms. The molecule has 4 aromatic carbocycles. The molecular weight excluding hydrogens is 430 g/mol. The summed E-state index contributed by atoms with van der Waals surface area (Å²) in [5.41, 5.74) is 2.51. The third-order valence-corrected chi connectivity index (χ3v) is 9.68. The Hall–Kier alpha value is -2.66. The highest BCUT2D eigenvalue weighted by Gasteiger charge is 2.17. The molecule has 0 aliphatic carbocycles. The van der Waals surface area contributed by atoms with Crippen molar-refractivity contribution in [3.8, 4) is 22.6 Å². The van der Waals surface area contributed by atoms with Crippen LogP contribution in [0, 0.1) is 0 Å². The lowest BCUT2D eigenvalue weighted by Crippen LogP contribution is -2.17. The van der Waals surface area contributed by atoms with Gasteiger partial charge in [-0.1, -0.05) is 93.5 Å². The number of hydrogen-bond donors (Lipinski definition) is 0. The highest BCUT2D eigenvalue weighted by molar-refractivity contribution is 7.73. The van der Waals surface area contributed by atoms with E-state index in [1.165, 1.54) is 27.0 Å². The quantitative estimate of drug-likeness (QED) is 0.295. The van der Waals surface area contributed by atoms with Crippen LogP contribution in [0.4, 0.5) is 0 Å². The van der Waals surface area contributed by atoms with E-state index in [1.54, 1.807) is 14.2 Å². The zero-order valence-electron chi connectivity index (χ0n) is 18.5. The van der Waals surface area contributed by atoms with Crippen LogP contribution < -0.4 is 25.4 Å². The number of benzene rings is 4. The van der Waals surface area contributed by atoms with Crippen molar-refractivity contribution in [1.29, 1.82) is 0 Å². The molecule has 0 fully saturated rings. The van der Waals surface area contributed by atoms with E-state index in [1.807, 2.05) is 12.1 Å². The zero-order valence-corrected chi connectivity index (χ0v) is 20.4. The molecule has 0 aliphatic rings. The number of hydrogen-bond acceptors (Lipinski definition) is 2. The molecule has 4 rings (SSSR count). The molecule has 0 radical (unpaired) electrons. The van der Waals surface area contributed by atoms with E-state index in [9.17, 15) is 0 Å². The number of methoxy groups -OCH3 is 2. The molecule has 0 N–H and O–H groups in total. The van der Waals surface area contributed by atoms with Gasteiger partial charge in [-0.05, 0) is 60.2 Å². The maximum Gasteiger partial charge on any atom is 0.126 e. The largest absolute Gasteiger partial charge is 0.497 e. The van der Waals surface area contributed by atoms with Crippen LogP contribution in [0.15, 0.2) is 103 Å². The average molecular weight is 458 g/mol. The number of para-hydroxylation sites is 1. The second kappa shape index (κ2) is 11.3. The third-order valence-electron chi connectivity index (χ3n) is 5.40. The highest BCUT2D eigenvalue weighted by Crippen LogP contribution is 2.38. The minimum Gasteiger partial charge on any atom is -0.497 e. The summed E-state index contributed by atoms with van der Waals surface area (Å²) >= 11 is 0. The van der Waals surface area contributed by atoms with Crippen LogP contribution >= 0.6 is 16.5 Å². The number of rotatable bonds is 9. The molecule has 0 saturated heterocycles. The van der Waals surface area contributed by atoms with Crippen molar-refractivity contribution in [3.63, 3.8) is 0 Å². The van der Waals surface area contributed by atoms with Gasteiger partial charge in [0, 0.05) is 5.30 Å². The van der Waals surface area contributed by atoms with Crippen LogP contribution in [0.1, 0.15) is 0 Å². The summed E-state index contributed by atoms with van der Waals surface area (Å²) in [6.07, 6.45) is 2.27. The Kier molecular flexibility index (Phi) is 7.94. The van der Waals surface area contributed by atoms with Gasteiger partial charge in [-0.15, -0.1) is 0 Å². The van der Waals surface area contributed by atoms with E-state index in [0.29, 0.717) is 0 Å². The van der Waals surface area contributed by atoms with E-state index in [0.717, 1.165) is 32.4 Å². The van der Waals surface area contributed by atoms with Gasteiger partial charge in [-0.3, -0.25) is 0 Å². The van der Waals surface area contributed by atoms with Gasteiger partial charge in [0.2, 0.25) is 0 Å². The predicted molar refractivity (Wildman–Crippen MR) is 142 cm³/mol. The van der Waals surface area contributed by atoms with Crippen LogP contribution in [-0.4, -0.2) is 26.5 Å². The normalized spacial score (nSPS) is 12.1. The van der Waals surface area contributed by atoms with Gasteiger partial charge in [0.25, 0.3) is 0 Å². The monoisotopic (exact) mass is 458 g/mol. The molecule has 4 heteroatoms. The summed E-state index contributed by atoms with van der Waals surface area (Å²) in [6, 6.07) is 36.4. The van der Waals surface area contributed by atoms with Gasteiger partial charge < -0.3 is 9.47 Å². The Morgan fingerprint density at radius 1 is 0.719 bits per heavy atom. The Bertz CT molecular complexity index is 1140. The van der Waals surface area contributed by atoms with Gasteiger partial charge in [0.05, 0.1) is 14.2 Å². The predicted octanol–water partition coefficient (Wildman–Crippen LogP) is 5.81. The average Bonchev–Trinajstić information content (AvgIpc) is 2.87. The number of ether oxygens (including phenoxy) is 2. The van der Waals surface area contributed by atoms with Crippen molar-refractivity contribution in [2.24, 2.45) is 0 Å². The summed E-state index contributed by atoms with van der Waals surface area (Å²) in [5.74, 6) is 1.88. The van der Waals surface area contributed by atoms with Crippen molar-refractivity contribution in [1.82, 2.24) is 0 Å². The van der Waals surface area contributed by atoms with Gasteiger partial charge >= 0.3 is 0 Å². The molecule has 2 nitrogen and oxygen atoms in total. The van der Waals surface area contributed by atoms with Gasteiger partial charge in [-0.25, -0.2) is 0 Å². The minimum absolute atomic E-state index is 0.483. The Morgan fingerprint density at radius 2 is 1.47 bits per heavy atom. The molecule has 0 aliphatic heterocycles. The van der Waals surface area contributed by atoms with Crippen molar-refractivity contribution >= 4 is 32.4 Å². The van der Waals surface area contributed by atoms with E-state index in [2.05, 4.69) is 91.0 Å². The summed E-state index contributed by atoms with van der Waals surface area (Å²) < 4.78 is 11.2. The van der Waals surface area contributed by atoms with Crippen LogP contribution in [-0.2, 0) is 0 Å².